The summed E-state index contributed by atoms with van der Waals surface area (Å²) < 4.78 is 34.9. The maximum Gasteiger partial charge on any atom is 0.244 e. The van der Waals surface area contributed by atoms with Crippen molar-refractivity contribution in [1.82, 2.24) is 19.7 Å². The number of hydrogen-bond acceptors (Lipinski definition) is 7. The van der Waals surface area contributed by atoms with Gasteiger partial charge < -0.3 is 15.4 Å². The van der Waals surface area contributed by atoms with Crippen LogP contribution in [0.5, 0.6) is 0 Å². The van der Waals surface area contributed by atoms with Crippen LogP contribution in [0.15, 0.2) is 12.4 Å². The van der Waals surface area contributed by atoms with Crippen LogP contribution in [-0.4, -0.2) is 51.7 Å². The zero-order valence-electron chi connectivity index (χ0n) is 17.9. The average molecular weight is 444 g/mol. The Labute approximate surface area is 184 Å². The van der Waals surface area contributed by atoms with Gasteiger partial charge in [0.25, 0.3) is 0 Å². The van der Waals surface area contributed by atoms with Crippen molar-refractivity contribution >= 4 is 18.1 Å². The van der Waals surface area contributed by atoms with Gasteiger partial charge in [-0.05, 0) is 39.0 Å². The highest BCUT2D eigenvalue weighted by atomic mass is 19.3. The Morgan fingerprint density at radius 2 is 2.00 bits per heavy atom. The van der Waals surface area contributed by atoms with Crippen molar-refractivity contribution in [2.45, 2.75) is 69.1 Å². The second-order valence-corrected chi connectivity index (χ2v) is 10.1. The van der Waals surface area contributed by atoms with Crippen molar-refractivity contribution in [3.05, 3.63) is 29.2 Å². The molecule has 5 aliphatic rings. The van der Waals surface area contributed by atoms with Gasteiger partial charge in [0.05, 0.1) is 36.1 Å². The number of nitrogens with two attached hydrogens (primary N) is 1. The molecule has 0 unspecified atom stereocenters. The first-order valence-corrected chi connectivity index (χ1v) is 11.2. The highest BCUT2D eigenvalue weighted by molar-refractivity contribution is 5.84. The summed E-state index contributed by atoms with van der Waals surface area (Å²) >= 11 is 0. The van der Waals surface area contributed by atoms with E-state index in [1.807, 2.05) is 28.9 Å². The number of nitrogen functional groups attached to an aromatic ring is 1. The largest absolute Gasteiger partial charge is 0.383 e. The van der Waals surface area contributed by atoms with E-state index in [-0.39, 0.29) is 23.6 Å². The van der Waals surface area contributed by atoms with Gasteiger partial charge in [-0.2, -0.15) is 10.1 Å². The van der Waals surface area contributed by atoms with Crippen LogP contribution in [0.25, 0.3) is 0 Å². The predicted molar refractivity (Wildman–Crippen MR) is 112 cm³/mol. The molecular formula is C22H26F2N6O2. The second kappa shape index (κ2) is 6.69. The third kappa shape index (κ3) is 2.88. The van der Waals surface area contributed by atoms with Crippen LogP contribution in [0.2, 0.25) is 0 Å². The summed E-state index contributed by atoms with van der Waals surface area (Å²) in [5.74, 6) is 0.529. The molecule has 32 heavy (non-hydrogen) atoms. The average Bonchev–Trinajstić information content (AvgIpc) is 3.41. The van der Waals surface area contributed by atoms with E-state index in [1.165, 1.54) is 0 Å². The molecule has 2 aromatic rings. The fraction of sp³-hybridized carbons (Fsp3) is 0.636. The van der Waals surface area contributed by atoms with Crippen molar-refractivity contribution in [2.75, 3.05) is 23.7 Å². The summed E-state index contributed by atoms with van der Waals surface area (Å²) in [6.45, 7) is 3.08. The quantitative estimate of drug-likeness (QED) is 0.684. The Kier molecular flexibility index (Phi) is 4.19. The molecule has 0 aromatic carbocycles. The van der Waals surface area contributed by atoms with E-state index in [0.29, 0.717) is 56.3 Å². The van der Waals surface area contributed by atoms with E-state index in [9.17, 15) is 13.6 Å². The number of aldehydes is 1. The topological polar surface area (TPSA) is 99.2 Å². The number of morpholine rings is 1. The molecular weight excluding hydrogens is 418 g/mol. The molecule has 2 aromatic heterocycles. The number of hydrogen-bond donors (Lipinski definition) is 1. The highest BCUT2D eigenvalue weighted by Gasteiger charge is 2.73. The first-order valence-electron chi connectivity index (χ1n) is 11.2. The number of carbonyl (C=O) groups excluding carboxylic acids is 1. The zero-order chi connectivity index (χ0) is 22.3. The fourth-order valence-corrected chi connectivity index (χ4v) is 5.84. The zero-order valence-corrected chi connectivity index (χ0v) is 17.9. The lowest BCUT2D eigenvalue weighted by molar-refractivity contribution is -0.223. The van der Waals surface area contributed by atoms with Gasteiger partial charge >= 0.3 is 0 Å². The maximum absolute atomic E-state index is 13.4. The number of aromatic nitrogens is 4. The van der Waals surface area contributed by atoms with E-state index in [4.69, 9.17) is 15.5 Å². The van der Waals surface area contributed by atoms with E-state index in [2.05, 4.69) is 10.1 Å². The molecule has 5 fully saturated rings. The van der Waals surface area contributed by atoms with Crippen LogP contribution in [0.1, 0.15) is 72.8 Å². The number of anilines is 2. The lowest BCUT2D eigenvalue weighted by atomic mass is 9.34. The molecule has 1 saturated heterocycles. The lowest BCUT2D eigenvalue weighted by Gasteiger charge is -2.69. The van der Waals surface area contributed by atoms with Gasteiger partial charge in [-0.15, -0.1) is 0 Å². The Bertz CT molecular complexity index is 1060. The van der Waals surface area contributed by atoms with Gasteiger partial charge in [-0.25, -0.2) is 13.8 Å². The summed E-state index contributed by atoms with van der Waals surface area (Å²) in [7, 11) is 0. The SMILES string of the molecule is C[C@@H]1CN(c2nc(N)c(C=O)c(C34CC(C(F)F)(C3)C4)n2)C[C@H](c2cnn(C3CC3)c2)O1. The van der Waals surface area contributed by atoms with Gasteiger partial charge in [0.1, 0.15) is 11.9 Å². The monoisotopic (exact) mass is 444 g/mol. The Morgan fingerprint density at radius 3 is 2.66 bits per heavy atom. The minimum atomic E-state index is -2.35. The molecule has 4 aliphatic carbocycles. The Balaban J connectivity index is 1.29. The van der Waals surface area contributed by atoms with Crippen molar-refractivity contribution < 1.29 is 18.3 Å². The van der Waals surface area contributed by atoms with E-state index in [0.717, 1.165) is 18.4 Å². The molecule has 2 N–H and O–H groups in total. The molecule has 2 atom stereocenters. The molecule has 1 aliphatic heterocycles. The number of rotatable bonds is 6. The molecule has 7 rings (SSSR count). The van der Waals surface area contributed by atoms with E-state index in [1.54, 1.807) is 0 Å². The van der Waals surface area contributed by atoms with Gasteiger partial charge in [0, 0.05) is 29.1 Å². The fourth-order valence-electron chi connectivity index (χ4n) is 5.84. The molecule has 170 valence electrons. The number of nitrogens with zero attached hydrogens (tertiary/aromatic N) is 5. The van der Waals surface area contributed by atoms with Crippen molar-refractivity contribution in [3.8, 4) is 0 Å². The van der Waals surface area contributed by atoms with Crippen molar-refractivity contribution in [3.63, 3.8) is 0 Å². The summed E-state index contributed by atoms with van der Waals surface area (Å²) in [5.41, 5.74) is 6.51. The first kappa shape index (κ1) is 20.0. The minimum Gasteiger partial charge on any atom is -0.383 e. The Hall–Kier alpha value is -2.62. The van der Waals surface area contributed by atoms with Crippen molar-refractivity contribution in [2.24, 2.45) is 5.41 Å². The number of alkyl halides is 2. The molecule has 3 heterocycles. The highest BCUT2D eigenvalue weighted by Crippen LogP contribution is 2.75. The van der Waals surface area contributed by atoms with Crippen molar-refractivity contribution in [1.29, 1.82) is 0 Å². The van der Waals surface area contributed by atoms with Crippen LogP contribution < -0.4 is 10.6 Å². The van der Waals surface area contributed by atoms with Crippen LogP contribution in [0.3, 0.4) is 0 Å². The summed E-state index contributed by atoms with van der Waals surface area (Å²) in [6, 6.07) is 0.493. The summed E-state index contributed by atoms with van der Waals surface area (Å²) in [4.78, 5) is 22.9. The molecule has 2 bridgehead atoms. The van der Waals surface area contributed by atoms with E-state index >= 15 is 0 Å². The molecule has 10 heteroatoms. The van der Waals surface area contributed by atoms with Gasteiger partial charge in [0.2, 0.25) is 12.4 Å². The van der Waals surface area contributed by atoms with Gasteiger partial charge in [0.15, 0.2) is 6.29 Å². The summed E-state index contributed by atoms with van der Waals surface area (Å²) in [5, 5.41) is 4.47. The normalized spacial score (nSPS) is 33.7. The van der Waals surface area contributed by atoms with Gasteiger partial charge in [-0.3, -0.25) is 9.48 Å². The maximum atomic E-state index is 13.4. The van der Waals surface area contributed by atoms with Crippen LogP contribution in [0.4, 0.5) is 20.5 Å². The molecule has 4 saturated carbocycles. The van der Waals surface area contributed by atoms with Crippen LogP contribution >= 0.6 is 0 Å². The smallest absolute Gasteiger partial charge is 0.244 e. The van der Waals surface area contributed by atoms with Gasteiger partial charge in [-0.1, -0.05) is 0 Å². The molecule has 0 amide bonds. The standard InChI is InChI=1S/C22H26F2N6O2/c1-12-5-29(7-16(32-12)13-4-26-30(6-13)14-2-3-14)20-27-17(15(8-31)18(25)28-20)21-9-22(10-21,11-21)19(23)24/h4,6,8,12,14,16,19H,2-3,5,7,9-11H2,1H3,(H2,25,27,28)/t12-,16-,21?,22?/m1/s1. The Morgan fingerprint density at radius 1 is 1.25 bits per heavy atom. The predicted octanol–water partition coefficient (Wildman–Crippen LogP) is 3.06. The number of halogens is 2. The van der Waals surface area contributed by atoms with Crippen LogP contribution in [-0.2, 0) is 10.2 Å². The first-order chi connectivity index (χ1) is 15.3. The third-order valence-electron chi connectivity index (χ3n) is 7.58. The molecule has 0 spiro atoms. The lowest BCUT2D eigenvalue weighted by Crippen LogP contribution is -2.68. The van der Waals surface area contributed by atoms with Crippen LogP contribution in [0, 0.1) is 5.41 Å². The molecule has 8 nitrogen and oxygen atoms in total. The van der Waals surface area contributed by atoms with E-state index < -0.39 is 17.3 Å². The minimum absolute atomic E-state index is 0.0749. The number of ether oxygens (including phenoxy) is 1. The third-order valence-corrected chi connectivity index (χ3v) is 7.58. The second-order valence-electron chi connectivity index (χ2n) is 10.1. The number of carbonyl (C=O) groups is 1. The summed E-state index contributed by atoms with van der Waals surface area (Å²) in [6.07, 6.45) is 5.27. The molecule has 0 radical (unpaired) electrons.